The van der Waals surface area contributed by atoms with E-state index in [1.165, 1.54) is 11.1 Å². The second-order valence-electron chi connectivity index (χ2n) is 3.04. The van der Waals surface area contributed by atoms with E-state index >= 15 is 0 Å². The number of aliphatic imine (C=N–C) groups is 2. The third-order valence-corrected chi connectivity index (χ3v) is 2.18. The zero-order chi connectivity index (χ0) is 10.1. The monoisotopic (exact) mass is 191 g/mol. The fourth-order valence-corrected chi connectivity index (χ4v) is 1.42. The van der Waals surface area contributed by atoms with Crippen molar-refractivity contribution in [1.82, 2.24) is 4.90 Å². The van der Waals surface area contributed by atoms with Crippen LogP contribution in [-0.2, 0) is 9.59 Å². The summed E-state index contributed by atoms with van der Waals surface area (Å²) in [5.41, 5.74) is 0. The van der Waals surface area contributed by atoms with Crippen LogP contribution in [0.25, 0.3) is 0 Å². The average molecular weight is 191 g/mol. The fraction of sp³-hybridized carbons (Fsp3) is 0.333. The molecule has 0 spiro atoms. The highest BCUT2D eigenvalue weighted by atomic mass is 16.2. The van der Waals surface area contributed by atoms with Gasteiger partial charge in [-0.15, -0.1) is 0 Å². The van der Waals surface area contributed by atoms with Crippen molar-refractivity contribution in [2.75, 3.05) is 0 Å². The van der Waals surface area contributed by atoms with Crippen molar-refractivity contribution in [3.05, 3.63) is 12.3 Å². The molecule has 0 saturated carbocycles. The molecule has 2 aliphatic heterocycles. The summed E-state index contributed by atoms with van der Waals surface area (Å²) < 4.78 is 0. The van der Waals surface area contributed by atoms with Gasteiger partial charge in [-0.2, -0.15) is 4.99 Å². The van der Waals surface area contributed by atoms with Crippen LogP contribution in [0.3, 0.4) is 0 Å². The molecule has 0 aromatic rings. The minimum Gasteiger partial charge on any atom is -0.273 e. The number of nitrogens with zero attached hydrogens (tertiary/aromatic N) is 3. The summed E-state index contributed by atoms with van der Waals surface area (Å²) >= 11 is 0. The van der Waals surface area contributed by atoms with E-state index < -0.39 is 11.8 Å². The number of amides is 2. The molecule has 5 nitrogen and oxygen atoms in total. The summed E-state index contributed by atoms with van der Waals surface area (Å²) in [5, 5.41) is 0. The molecule has 0 bridgehead atoms. The van der Waals surface area contributed by atoms with Crippen molar-refractivity contribution >= 4 is 24.0 Å². The first-order valence-corrected chi connectivity index (χ1v) is 4.40. The fourth-order valence-electron chi connectivity index (χ4n) is 1.42. The summed E-state index contributed by atoms with van der Waals surface area (Å²) in [6.45, 7) is 1.79. The lowest BCUT2D eigenvalue weighted by Crippen LogP contribution is -2.44. The van der Waals surface area contributed by atoms with Gasteiger partial charge in [0.15, 0.2) is 0 Å². The Balaban J connectivity index is 2.41. The second kappa shape index (κ2) is 3.17. The molecule has 0 aliphatic carbocycles. The van der Waals surface area contributed by atoms with E-state index in [0.29, 0.717) is 6.42 Å². The molecule has 2 rings (SSSR count). The molecule has 0 aromatic heterocycles. The lowest BCUT2D eigenvalue weighted by molar-refractivity contribution is -0.138. The van der Waals surface area contributed by atoms with Gasteiger partial charge in [0, 0.05) is 12.4 Å². The highest BCUT2D eigenvalue weighted by molar-refractivity contribution is 6.18. The van der Waals surface area contributed by atoms with Crippen LogP contribution in [0.2, 0.25) is 0 Å². The third-order valence-electron chi connectivity index (χ3n) is 2.18. The first-order valence-electron chi connectivity index (χ1n) is 4.40. The molecule has 0 saturated heterocycles. The molecule has 1 atom stereocenters. The van der Waals surface area contributed by atoms with Crippen LogP contribution in [0.1, 0.15) is 13.3 Å². The molecule has 14 heavy (non-hydrogen) atoms. The number of hydrogen-bond acceptors (Lipinski definition) is 3. The Morgan fingerprint density at radius 1 is 1.50 bits per heavy atom. The van der Waals surface area contributed by atoms with Crippen LogP contribution >= 0.6 is 0 Å². The summed E-state index contributed by atoms with van der Waals surface area (Å²) in [4.78, 5) is 32.0. The van der Waals surface area contributed by atoms with Crippen molar-refractivity contribution in [3.63, 3.8) is 0 Å². The van der Waals surface area contributed by atoms with Crippen LogP contribution < -0.4 is 0 Å². The maximum Gasteiger partial charge on any atom is 0.261 e. The van der Waals surface area contributed by atoms with Crippen LogP contribution in [0.4, 0.5) is 0 Å². The van der Waals surface area contributed by atoms with Gasteiger partial charge >= 0.3 is 0 Å². The molecule has 0 radical (unpaired) electrons. The topological polar surface area (TPSA) is 62.1 Å². The number of carbonyl (C=O) groups is 2. The van der Waals surface area contributed by atoms with Crippen LogP contribution in [0, 0.1) is 5.92 Å². The summed E-state index contributed by atoms with van der Waals surface area (Å²) in [6.07, 6.45) is 5.19. The Labute approximate surface area is 80.8 Å². The highest BCUT2D eigenvalue weighted by Gasteiger charge is 2.35. The van der Waals surface area contributed by atoms with E-state index in [4.69, 9.17) is 0 Å². The van der Waals surface area contributed by atoms with Crippen molar-refractivity contribution in [1.29, 1.82) is 0 Å². The van der Waals surface area contributed by atoms with Gasteiger partial charge in [0.05, 0.1) is 0 Å². The Kier molecular flexibility index (Phi) is 1.99. The van der Waals surface area contributed by atoms with Gasteiger partial charge in [-0.05, 0) is 12.5 Å². The zero-order valence-corrected chi connectivity index (χ0v) is 7.67. The van der Waals surface area contributed by atoms with E-state index in [0.717, 1.165) is 0 Å². The van der Waals surface area contributed by atoms with Gasteiger partial charge in [-0.3, -0.25) is 14.5 Å². The summed E-state index contributed by atoms with van der Waals surface area (Å²) in [5.74, 6) is -1.10. The van der Waals surface area contributed by atoms with E-state index in [-0.39, 0.29) is 11.9 Å². The smallest absolute Gasteiger partial charge is 0.261 e. The molecular formula is C9H9N3O2. The van der Waals surface area contributed by atoms with Crippen molar-refractivity contribution in [2.24, 2.45) is 15.9 Å². The molecule has 0 fully saturated rings. The lowest BCUT2D eigenvalue weighted by Gasteiger charge is -2.26. The van der Waals surface area contributed by atoms with Gasteiger partial charge in [-0.25, -0.2) is 4.99 Å². The number of rotatable bonds is 1. The number of allylic oxidation sites excluding steroid dienone is 1. The first-order chi connectivity index (χ1) is 6.74. The molecule has 2 aliphatic rings. The number of fused-ring (bicyclic) bond motifs is 1. The van der Waals surface area contributed by atoms with E-state index in [1.54, 1.807) is 19.2 Å². The number of guanidine groups is 1. The Hall–Kier alpha value is -1.78. The quantitative estimate of drug-likeness (QED) is 0.561. The largest absolute Gasteiger partial charge is 0.273 e. The van der Waals surface area contributed by atoms with Gasteiger partial charge in [-0.1, -0.05) is 6.92 Å². The zero-order valence-electron chi connectivity index (χ0n) is 7.67. The number of carbonyl (C=O) groups excluding carboxylic acids is 2. The minimum atomic E-state index is -0.642. The molecule has 0 N–H and O–H groups in total. The molecule has 72 valence electrons. The van der Waals surface area contributed by atoms with Crippen LogP contribution in [0.5, 0.6) is 0 Å². The minimum absolute atomic E-state index is 0.173. The van der Waals surface area contributed by atoms with E-state index in [9.17, 15) is 9.59 Å². The van der Waals surface area contributed by atoms with Crippen molar-refractivity contribution in [3.8, 4) is 0 Å². The third kappa shape index (κ3) is 1.17. The van der Waals surface area contributed by atoms with Gasteiger partial charge < -0.3 is 0 Å². The van der Waals surface area contributed by atoms with Gasteiger partial charge in [0.1, 0.15) is 5.92 Å². The predicted molar refractivity (Wildman–Crippen MR) is 50.7 cm³/mol. The van der Waals surface area contributed by atoms with Gasteiger partial charge in [0.25, 0.3) is 5.91 Å². The maximum atomic E-state index is 11.7. The SMILES string of the molecule is CCC1C(=O)N=C2N=CC=CN2C1=O. The normalized spacial score (nSPS) is 25.1. The molecule has 2 amide bonds. The van der Waals surface area contributed by atoms with E-state index in [2.05, 4.69) is 9.98 Å². The Morgan fingerprint density at radius 2 is 2.29 bits per heavy atom. The maximum absolute atomic E-state index is 11.7. The number of hydrogen-bond donors (Lipinski definition) is 0. The standard InChI is InChI=1S/C9H9N3O2/c1-2-6-7(13)11-9-10-4-3-5-12(9)8(6)14/h3-6H,2H2,1H3. The highest BCUT2D eigenvalue weighted by Crippen LogP contribution is 2.18. The molecule has 5 heteroatoms. The Bertz CT molecular complexity index is 382. The average Bonchev–Trinajstić information content (AvgIpc) is 2.18. The van der Waals surface area contributed by atoms with Crippen molar-refractivity contribution < 1.29 is 9.59 Å². The predicted octanol–water partition coefficient (Wildman–Crippen LogP) is 0.335. The van der Waals surface area contributed by atoms with Crippen LogP contribution in [0.15, 0.2) is 22.3 Å². The summed E-state index contributed by atoms with van der Waals surface area (Å²) in [7, 11) is 0. The van der Waals surface area contributed by atoms with Crippen molar-refractivity contribution in [2.45, 2.75) is 13.3 Å². The first kappa shape index (κ1) is 8.80. The van der Waals surface area contributed by atoms with E-state index in [1.807, 2.05) is 0 Å². The molecule has 0 aromatic carbocycles. The molecular weight excluding hydrogens is 182 g/mol. The van der Waals surface area contributed by atoms with Crippen LogP contribution in [-0.4, -0.2) is 28.9 Å². The summed E-state index contributed by atoms with van der Waals surface area (Å²) in [6, 6.07) is 0. The molecule has 1 unspecified atom stereocenters. The Morgan fingerprint density at radius 3 is 3.00 bits per heavy atom. The van der Waals surface area contributed by atoms with Gasteiger partial charge in [0.2, 0.25) is 11.9 Å². The second-order valence-corrected chi connectivity index (χ2v) is 3.04. The lowest BCUT2D eigenvalue weighted by atomic mass is 10.0. The molecule has 2 heterocycles.